The van der Waals surface area contributed by atoms with Crippen molar-refractivity contribution in [2.24, 2.45) is 0 Å². The van der Waals surface area contributed by atoms with Gasteiger partial charge in [-0.25, -0.2) is 0 Å². The van der Waals surface area contributed by atoms with E-state index in [1.165, 1.54) is 86.9 Å². The van der Waals surface area contributed by atoms with Crippen molar-refractivity contribution in [2.45, 2.75) is 38.0 Å². The molecule has 10 aromatic carbocycles. The summed E-state index contributed by atoms with van der Waals surface area (Å²) in [5.41, 5.74) is 17.1. The Morgan fingerprint density at radius 2 is 1.00 bits per heavy atom. The number of benzene rings is 10. The molecule has 1 aliphatic carbocycles. The average molecular weight is 861 g/mol. The minimum absolute atomic E-state index is 0.560. The minimum Gasteiger partial charge on any atom is -0.455 e. The molecular formula is C64H48N2O. The van der Waals surface area contributed by atoms with E-state index in [-0.39, 0.29) is 0 Å². The maximum absolute atomic E-state index is 6.74. The van der Waals surface area contributed by atoms with Gasteiger partial charge in [0, 0.05) is 55.2 Å². The Kier molecular flexibility index (Phi) is 9.60. The maximum atomic E-state index is 6.74. The Labute approximate surface area is 390 Å². The van der Waals surface area contributed by atoms with Gasteiger partial charge in [-0.1, -0.05) is 195 Å². The van der Waals surface area contributed by atoms with Crippen LogP contribution in [0.2, 0.25) is 0 Å². The molecular weight excluding hydrogens is 813 g/mol. The summed E-state index contributed by atoms with van der Waals surface area (Å²) in [6.07, 6.45) is 6.41. The van der Waals surface area contributed by atoms with Gasteiger partial charge < -0.3 is 13.9 Å². The van der Waals surface area contributed by atoms with Crippen molar-refractivity contribution in [1.29, 1.82) is 0 Å². The van der Waals surface area contributed by atoms with Crippen molar-refractivity contribution < 1.29 is 4.42 Å². The molecule has 12 aromatic rings. The topological polar surface area (TPSA) is 21.3 Å². The summed E-state index contributed by atoms with van der Waals surface area (Å²) in [6.45, 7) is 0. The zero-order chi connectivity index (χ0) is 44.3. The van der Waals surface area contributed by atoms with Gasteiger partial charge >= 0.3 is 0 Å². The molecule has 0 saturated heterocycles. The van der Waals surface area contributed by atoms with Crippen molar-refractivity contribution in [3.05, 3.63) is 230 Å². The largest absolute Gasteiger partial charge is 0.455 e. The molecule has 320 valence electrons. The summed E-state index contributed by atoms with van der Waals surface area (Å²) in [4.78, 5) is 2.49. The fourth-order valence-corrected chi connectivity index (χ4v) is 11.4. The predicted octanol–water partition coefficient (Wildman–Crippen LogP) is 18.4. The van der Waals surface area contributed by atoms with E-state index in [0.717, 1.165) is 61.4 Å². The smallest absolute Gasteiger partial charge is 0.143 e. The fraction of sp³-hybridized carbons (Fsp3) is 0.0938. The van der Waals surface area contributed by atoms with Crippen LogP contribution in [-0.2, 0) is 0 Å². The molecule has 1 saturated carbocycles. The molecule has 0 spiro atoms. The van der Waals surface area contributed by atoms with E-state index in [1.54, 1.807) is 0 Å². The van der Waals surface area contributed by atoms with Gasteiger partial charge in [-0.3, -0.25) is 0 Å². The highest BCUT2D eigenvalue weighted by molar-refractivity contribution is 6.14. The molecule has 0 radical (unpaired) electrons. The van der Waals surface area contributed by atoms with E-state index >= 15 is 0 Å². The van der Waals surface area contributed by atoms with E-state index in [2.05, 4.69) is 234 Å². The second kappa shape index (κ2) is 16.4. The average Bonchev–Trinajstić information content (AvgIpc) is 3.96. The van der Waals surface area contributed by atoms with Crippen LogP contribution >= 0.6 is 0 Å². The first-order valence-corrected chi connectivity index (χ1v) is 23.9. The van der Waals surface area contributed by atoms with Crippen molar-refractivity contribution in [1.82, 2.24) is 4.57 Å². The van der Waals surface area contributed by atoms with Gasteiger partial charge in [0.05, 0.1) is 22.4 Å². The molecule has 2 aromatic heterocycles. The van der Waals surface area contributed by atoms with Crippen LogP contribution in [0.1, 0.15) is 43.6 Å². The number of furan rings is 1. The second-order valence-corrected chi connectivity index (χ2v) is 18.2. The molecule has 0 bridgehead atoms. The van der Waals surface area contributed by atoms with Crippen LogP contribution in [0.5, 0.6) is 0 Å². The third kappa shape index (κ3) is 6.56. The quantitative estimate of drug-likeness (QED) is 0.152. The first-order chi connectivity index (χ1) is 33.3. The number of hydrogen-bond acceptors (Lipinski definition) is 2. The zero-order valence-corrected chi connectivity index (χ0v) is 37.3. The fourth-order valence-electron chi connectivity index (χ4n) is 11.4. The molecule has 13 rings (SSSR count). The van der Waals surface area contributed by atoms with Crippen molar-refractivity contribution >= 4 is 71.6 Å². The third-order valence-electron chi connectivity index (χ3n) is 14.4. The van der Waals surface area contributed by atoms with Crippen LogP contribution in [0.4, 0.5) is 17.1 Å². The Bertz CT molecular complexity index is 3790. The molecule has 67 heavy (non-hydrogen) atoms. The number of hydrogen-bond donors (Lipinski definition) is 0. The Morgan fingerprint density at radius 1 is 0.418 bits per heavy atom. The standard InChI is InChI=1S/C64H48N2O/c1-3-19-43(20-4-1)48-29-15-21-45-22-16-31-54(62(45)48)50-25-7-11-35-58(50)65(59-36-12-9-27-52(59)56-33-18-34-57-53-28-10-14-38-61(53)67-64(56)57)47-41-39-44(40-42-47)49-30-17-32-55-51-26-8-13-37-60(51)66(63(49)55)46-23-5-2-6-24-46/h2,5-18,21-43H,1,3-4,19-20H2. The summed E-state index contributed by atoms with van der Waals surface area (Å²) in [6, 6.07) is 82.2. The van der Waals surface area contributed by atoms with Gasteiger partial charge in [0.1, 0.15) is 11.2 Å². The van der Waals surface area contributed by atoms with E-state index in [9.17, 15) is 0 Å². The summed E-state index contributed by atoms with van der Waals surface area (Å²) >= 11 is 0. The SMILES string of the molecule is c1ccc(-n2c3ccccc3c3cccc(-c4ccc(N(c5ccccc5-c5cccc6c5oc5ccccc56)c5ccccc5-c5cccc6cccc(C7CCCCC7)c56)cc4)c32)cc1. The zero-order valence-electron chi connectivity index (χ0n) is 37.3. The number of nitrogens with zero attached hydrogens (tertiary/aromatic N) is 2. The lowest BCUT2D eigenvalue weighted by Crippen LogP contribution is -2.12. The first-order valence-electron chi connectivity index (χ1n) is 23.9. The molecule has 0 N–H and O–H groups in total. The van der Waals surface area contributed by atoms with E-state index in [1.807, 2.05) is 0 Å². The molecule has 2 heterocycles. The van der Waals surface area contributed by atoms with Gasteiger partial charge in [0.25, 0.3) is 0 Å². The third-order valence-corrected chi connectivity index (χ3v) is 14.4. The van der Waals surface area contributed by atoms with Crippen LogP contribution in [0, 0.1) is 0 Å². The Morgan fingerprint density at radius 3 is 1.79 bits per heavy atom. The summed E-state index contributed by atoms with van der Waals surface area (Å²) < 4.78 is 9.17. The van der Waals surface area contributed by atoms with Gasteiger partial charge in [-0.15, -0.1) is 0 Å². The molecule has 3 heteroatoms. The maximum Gasteiger partial charge on any atom is 0.143 e. The van der Waals surface area contributed by atoms with Crippen molar-refractivity contribution in [2.75, 3.05) is 4.90 Å². The molecule has 3 nitrogen and oxygen atoms in total. The van der Waals surface area contributed by atoms with Crippen LogP contribution in [-0.4, -0.2) is 4.57 Å². The molecule has 1 fully saturated rings. The second-order valence-electron chi connectivity index (χ2n) is 18.2. The van der Waals surface area contributed by atoms with E-state index < -0.39 is 0 Å². The highest BCUT2D eigenvalue weighted by Gasteiger charge is 2.26. The van der Waals surface area contributed by atoms with Gasteiger partial charge in [-0.2, -0.15) is 0 Å². The number of fused-ring (bicyclic) bond motifs is 7. The molecule has 1 aliphatic rings. The summed E-state index contributed by atoms with van der Waals surface area (Å²) in [5, 5.41) is 7.41. The summed E-state index contributed by atoms with van der Waals surface area (Å²) in [7, 11) is 0. The van der Waals surface area contributed by atoms with Crippen LogP contribution in [0.3, 0.4) is 0 Å². The number of rotatable bonds is 8. The van der Waals surface area contributed by atoms with Crippen molar-refractivity contribution in [3.8, 4) is 39.1 Å². The molecule has 0 amide bonds. The van der Waals surface area contributed by atoms with Crippen LogP contribution in [0.15, 0.2) is 229 Å². The molecule has 0 aliphatic heterocycles. The normalized spacial score (nSPS) is 13.3. The van der Waals surface area contributed by atoms with E-state index in [4.69, 9.17) is 4.42 Å². The monoisotopic (exact) mass is 860 g/mol. The first kappa shape index (κ1) is 39.2. The van der Waals surface area contributed by atoms with Crippen molar-refractivity contribution in [3.63, 3.8) is 0 Å². The lowest BCUT2D eigenvalue weighted by Gasteiger charge is -2.31. The van der Waals surface area contributed by atoms with Gasteiger partial charge in [0.15, 0.2) is 0 Å². The minimum atomic E-state index is 0.560. The number of anilines is 3. The predicted molar refractivity (Wildman–Crippen MR) is 282 cm³/mol. The number of para-hydroxylation sites is 7. The Balaban J connectivity index is 1.04. The van der Waals surface area contributed by atoms with Gasteiger partial charge in [-0.05, 0) is 94.8 Å². The molecule has 0 atom stereocenters. The highest BCUT2D eigenvalue weighted by atomic mass is 16.3. The number of aromatic nitrogens is 1. The lowest BCUT2D eigenvalue weighted by molar-refractivity contribution is 0.445. The summed E-state index contributed by atoms with van der Waals surface area (Å²) in [5.74, 6) is 0.560. The van der Waals surface area contributed by atoms with Gasteiger partial charge in [0.2, 0.25) is 0 Å². The van der Waals surface area contributed by atoms with Crippen LogP contribution in [0.25, 0.3) is 93.6 Å². The lowest BCUT2D eigenvalue weighted by atomic mass is 9.80. The highest BCUT2D eigenvalue weighted by Crippen LogP contribution is 2.49. The molecule has 0 unspecified atom stereocenters. The van der Waals surface area contributed by atoms with E-state index in [0.29, 0.717) is 5.92 Å². The van der Waals surface area contributed by atoms with Crippen LogP contribution < -0.4 is 4.90 Å². The Hall–Kier alpha value is -8.14.